The Morgan fingerprint density at radius 3 is 1.17 bits per heavy atom. The van der Waals surface area contributed by atoms with Crippen molar-refractivity contribution in [2.24, 2.45) is 0 Å². The molecule has 0 saturated heterocycles. The topological polar surface area (TPSA) is 249 Å². The predicted octanol–water partition coefficient (Wildman–Crippen LogP) is 6.05. The van der Waals surface area contributed by atoms with Crippen LogP contribution in [-0.4, -0.2) is 54.0 Å². The van der Waals surface area contributed by atoms with Gasteiger partial charge in [-0.15, -0.1) is 0 Å². The van der Waals surface area contributed by atoms with Gasteiger partial charge >= 0.3 is 6.03 Å². The third-order valence-electron chi connectivity index (χ3n) is 7.82. The molecule has 0 radical (unpaired) electrons. The minimum atomic E-state index is -4.46. The number of hydrogen-bond acceptors (Lipinski definition) is 9. The first-order valence-corrected chi connectivity index (χ1v) is 17.8. The standard InChI is InChI=1S/C35H26N4O11S2/c40-29-15-5-21-17-25(51(45,46)47)11-13-27(21)31(29)38-33(42)19-1-7-23(8-2-19)36-35(44)37-24-9-3-20(4-10-24)34(43)39-32-28-14-12-26(52(48,49)50)18-22(28)6-16-30(32)41/h1-18,40-41H,(H,38,42)(H,39,43)(H2,36,37,44)(H,45,46,47)(H,48,49,50). The van der Waals surface area contributed by atoms with E-state index in [-0.39, 0.29) is 43.8 Å². The highest BCUT2D eigenvalue weighted by Crippen LogP contribution is 2.35. The fourth-order valence-corrected chi connectivity index (χ4v) is 6.28. The van der Waals surface area contributed by atoms with Crippen LogP contribution in [-0.2, 0) is 20.2 Å². The van der Waals surface area contributed by atoms with Gasteiger partial charge in [0.05, 0.1) is 21.2 Å². The first kappa shape index (κ1) is 35.3. The molecule has 52 heavy (non-hydrogen) atoms. The summed E-state index contributed by atoms with van der Waals surface area (Å²) in [4.78, 5) is 37.9. The van der Waals surface area contributed by atoms with Gasteiger partial charge in [-0.3, -0.25) is 18.7 Å². The first-order chi connectivity index (χ1) is 24.6. The van der Waals surface area contributed by atoms with Gasteiger partial charge in [0.25, 0.3) is 32.1 Å². The minimum Gasteiger partial charge on any atom is -0.506 e. The number of carbonyl (C=O) groups is 3. The lowest BCUT2D eigenvalue weighted by atomic mass is 10.1. The number of urea groups is 1. The molecule has 0 atom stereocenters. The van der Waals surface area contributed by atoms with Crippen LogP contribution in [0.5, 0.6) is 11.5 Å². The largest absolute Gasteiger partial charge is 0.506 e. The zero-order valence-corrected chi connectivity index (χ0v) is 28.0. The lowest BCUT2D eigenvalue weighted by Crippen LogP contribution is -2.20. The molecule has 0 heterocycles. The number of hydrogen-bond donors (Lipinski definition) is 8. The summed E-state index contributed by atoms with van der Waals surface area (Å²) >= 11 is 0. The monoisotopic (exact) mass is 742 g/mol. The van der Waals surface area contributed by atoms with Gasteiger partial charge in [0.2, 0.25) is 0 Å². The lowest BCUT2D eigenvalue weighted by Gasteiger charge is -2.13. The maximum atomic E-state index is 13.0. The first-order valence-electron chi connectivity index (χ1n) is 14.9. The van der Waals surface area contributed by atoms with E-state index >= 15 is 0 Å². The van der Waals surface area contributed by atoms with Crippen molar-refractivity contribution in [2.45, 2.75) is 9.79 Å². The van der Waals surface area contributed by atoms with Crippen molar-refractivity contribution >= 4 is 82.4 Å². The SMILES string of the molecule is O=C(Nc1ccc(C(=O)Nc2c(O)ccc3cc(S(=O)(=O)O)ccc23)cc1)Nc1ccc(C(=O)Nc2c(O)ccc3cc(S(=O)(=O)O)ccc23)cc1. The number of phenols is 2. The molecular weight excluding hydrogens is 717 g/mol. The second kappa shape index (κ2) is 13.6. The van der Waals surface area contributed by atoms with Crippen molar-refractivity contribution in [3.05, 3.63) is 120 Å². The van der Waals surface area contributed by atoms with Crippen LogP contribution in [0.1, 0.15) is 20.7 Å². The molecule has 0 unspecified atom stereocenters. The Labute approximate surface area is 295 Å². The average Bonchev–Trinajstić information content (AvgIpc) is 3.10. The van der Waals surface area contributed by atoms with Crippen LogP contribution in [0.3, 0.4) is 0 Å². The fraction of sp³-hybridized carbons (Fsp3) is 0. The third-order valence-corrected chi connectivity index (χ3v) is 9.52. The van der Waals surface area contributed by atoms with Crippen LogP contribution in [0.25, 0.3) is 21.5 Å². The summed E-state index contributed by atoms with van der Waals surface area (Å²) in [5, 5.41) is 32.5. The molecule has 0 aliphatic heterocycles. The maximum absolute atomic E-state index is 13.0. The van der Waals surface area contributed by atoms with E-state index in [1.165, 1.54) is 97.1 Å². The van der Waals surface area contributed by atoms with Gasteiger partial charge in [0.15, 0.2) is 0 Å². The summed E-state index contributed by atoms with van der Waals surface area (Å²) in [6.45, 7) is 0. The van der Waals surface area contributed by atoms with Gasteiger partial charge < -0.3 is 31.5 Å². The number of rotatable bonds is 8. The number of nitrogens with one attached hydrogen (secondary N) is 4. The highest BCUT2D eigenvalue weighted by molar-refractivity contribution is 7.86. The molecule has 0 aromatic heterocycles. The molecule has 0 aliphatic rings. The van der Waals surface area contributed by atoms with E-state index in [2.05, 4.69) is 21.3 Å². The number of amides is 4. The quantitative estimate of drug-likeness (QED) is 0.0659. The van der Waals surface area contributed by atoms with Crippen molar-refractivity contribution in [3.63, 3.8) is 0 Å². The van der Waals surface area contributed by atoms with E-state index in [0.717, 1.165) is 12.1 Å². The maximum Gasteiger partial charge on any atom is 0.323 e. The van der Waals surface area contributed by atoms with Crippen LogP contribution >= 0.6 is 0 Å². The lowest BCUT2D eigenvalue weighted by molar-refractivity contribution is 0.101. The van der Waals surface area contributed by atoms with Gasteiger partial charge in [0, 0.05) is 33.3 Å². The van der Waals surface area contributed by atoms with E-state index in [9.17, 15) is 50.5 Å². The normalized spacial score (nSPS) is 11.6. The number of fused-ring (bicyclic) bond motifs is 2. The second-order valence-corrected chi connectivity index (χ2v) is 14.1. The minimum absolute atomic E-state index is 0.0260. The Hall–Kier alpha value is -6.53. The fourth-order valence-electron chi connectivity index (χ4n) is 5.25. The Morgan fingerprint density at radius 2 is 0.827 bits per heavy atom. The predicted molar refractivity (Wildman–Crippen MR) is 192 cm³/mol. The molecule has 15 nitrogen and oxygen atoms in total. The highest BCUT2D eigenvalue weighted by Gasteiger charge is 2.18. The molecule has 0 bridgehead atoms. The molecule has 6 aromatic rings. The summed E-state index contributed by atoms with van der Waals surface area (Å²) in [5.74, 6) is -1.76. The van der Waals surface area contributed by atoms with Gasteiger partial charge in [-0.1, -0.05) is 24.3 Å². The third kappa shape index (κ3) is 7.62. The number of benzene rings is 6. The zero-order chi connectivity index (χ0) is 37.4. The van der Waals surface area contributed by atoms with Crippen LogP contribution in [0.2, 0.25) is 0 Å². The van der Waals surface area contributed by atoms with E-state index in [4.69, 9.17) is 0 Å². The number of anilines is 4. The van der Waals surface area contributed by atoms with Gasteiger partial charge in [-0.2, -0.15) is 16.8 Å². The summed E-state index contributed by atoms with van der Waals surface area (Å²) in [6, 6.07) is 23.7. The summed E-state index contributed by atoms with van der Waals surface area (Å²) in [7, 11) is -8.93. The van der Waals surface area contributed by atoms with Crippen LogP contribution in [0.15, 0.2) is 119 Å². The summed E-state index contributed by atoms with van der Waals surface area (Å²) in [6.07, 6.45) is 0. The van der Waals surface area contributed by atoms with Crippen molar-refractivity contribution < 1.29 is 50.5 Å². The van der Waals surface area contributed by atoms with E-state index in [1.54, 1.807) is 0 Å². The highest BCUT2D eigenvalue weighted by atomic mass is 32.2. The molecule has 0 fully saturated rings. The number of carbonyl (C=O) groups excluding carboxylic acids is 3. The Morgan fingerprint density at radius 1 is 0.462 bits per heavy atom. The van der Waals surface area contributed by atoms with Crippen molar-refractivity contribution in [2.75, 3.05) is 21.3 Å². The van der Waals surface area contributed by atoms with Crippen molar-refractivity contribution in [1.29, 1.82) is 0 Å². The van der Waals surface area contributed by atoms with Crippen molar-refractivity contribution in [1.82, 2.24) is 0 Å². The molecular formula is C35H26N4O11S2. The zero-order valence-electron chi connectivity index (χ0n) is 26.4. The summed E-state index contributed by atoms with van der Waals surface area (Å²) in [5.41, 5.74) is 1.05. The van der Waals surface area contributed by atoms with Gasteiger partial charge in [0.1, 0.15) is 11.5 Å². The molecule has 8 N–H and O–H groups in total. The number of phenolic OH excluding ortho intramolecular Hbond substituents is 2. The second-order valence-electron chi connectivity index (χ2n) is 11.3. The van der Waals surface area contributed by atoms with Crippen LogP contribution in [0, 0.1) is 0 Å². The Balaban J connectivity index is 1.07. The molecule has 4 amide bonds. The van der Waals surface area contributed by atoms with E-state index in [0.29, 0.717) is 32.9 Å². The smallest absolute Gasteiger partial charge is 0.323 e. The van der Waals surface area contributed by atoms with Crippen molar-refractivity contribution in [3.8, 4) is 11.5 Å². The molecule has 17 heteroatoms. The molecule has 0 saturated carbocycles. The van der Waals surface area contributed by atoms with Crippen LogP contribution < -0.4 is 21.3 Å². The molecule has 0 aliphatic carbocycles. The molecule has 6 aromatic carbocycles. The number of aromatic hydroxyl groups is 2. The average molecular weight is 743 g/mol. The molecule has 0 spiro atoms. The van der Waals surface area contributed by atoms with Crippen LogP contribution in [0.4, 0.5) is 27.5 Å². The molecule has 6 rings (SSSR count). The van der Waals surface area contributed by atoms with E-state index < -0.39 is 38.1 Å². The molecule has 264 valence electrons. The van der Waals surface area contributed by atoms with Gasteiger partial charge in [-0.05, 0) is 95.7 Å². The van der Waals surface area contributed by atoms with Gasteiger partial charge in [-0.25, -0.2) is 4.79 Å². The Bertz CT molecular complexity index is 2460. The summed E-state index contributed by atoms with van der Waals surface area (Å²) < 4.78 is 64.6. The Kier molecular flexibility index (Phi) is 9.26. The van der Waals surface area contributed by atoms with E-state index in [1.807, 2.05) is 0 Å².